The van der Waals surface area contributed by atoms with Crippen molar-refractivity contribution in [1.29, 1.82) is 0 Å². The Hall–Kier alpha value is -2.32. The number of rotatable bonds is 5. The fraction of sp³-hybridized carbons (Fsp3) is 0.143. The fourth-order valence-electron chi connectivity index (χ4n) is 3.08. The summed E-state index contributed by atoms with van der Waals surface area (Å²) >= 11 is 0. The predicted octanol–water partition coefficient (Wildman–Crippen LogP) is 3.65. The van der Waals surface area contributed by atoms with Crippen molar-refractivity contribution in [3.63, 3.8) is 0 Å². The minimum atomic E-state index is -0.942. The van der Waals surface area contributed by atoms with Gasteiger partial charge in [0.25, 0.3) is 0 Å². The van der Waals surface area contributed by atoms with Gasteiger partial charge in [-0.05, 0) is 17.2 Å². The Labute approximate surface area is 140 Å². The van der Waals surface area contributed by atoms with Crippen molar-refractivity contribution in [3.8, 4) is 5.75 Å². The van der Waals surface area contributed by atoms with Gasteiger partial charge in [-0.15, -0.1) is 0 Å². The first-order valence-corrected chi connectivity index (χ1v) is 9.49. The molecule has 1 atom stereocenters. The number of hydrogen-bond acceptors (Lipinski definition) is 1. The molecular formula is C21H21OSi. The van der Waals surface area contributed by atoms with Crippen molar-refractivity contribution < 1.29 is 4.74 Å². The van der Waals surface area contributed by atoms with Crippen molar-refractivity contribution in [2.24, 2.45) is 0 Å². The lowest BCUT2D eigenvalue weighted by Gasteiger charge is -2.25. The molecule has 0 aliphatic carbocycles. The number of para-hydroxylation sites is 1. The average Bonchev–Trinajstić information content (AvgIpc) is 2.63. The number of hydrogen-bond donors (Lipinski definition) is 0. The Morgan fingerprint density at radius 1 is 0.696 bits per heavy atom. The zero-order valence-electron chi connectivity index (χ0n) is 13.6. The summed E-state index contributed by atoms with van der Waals surface area (Å²) in [5.74, 6) is 0.981. The van der Waals surface area contributed by atoms with Gasteiger partial charge in [-0.3, -0.25) is 0 Å². The molecule has 0 N–H and O–H groups in total. The molecule has 0 spiro atoms. The minimum Gasteiger partial charge on any atom is -0.496 e. The van der Waals surface area contributed by atoms with Crippen LogP contribution in [-0.2, 0) is 0 Å². The van der Waals surface area contributed by atoms with Gasteiger partial charge in [0.1, 0.15) is 14.5 Å². The van der Waals surface area contributed by atoms with E-state index in [1.807, 2.05) is 6.07 Å². The van der Waals surface area contributed by atoms with E-state index in [-0.39, 0.29) is 0 Å². The molecule has 0 unspecified atom stereocenters. The standard InChI is InChI=1S/C21H21OSi/c1-17(20-15-9-10-16-21(20)22-2)23(18-11-5-3-6-12-18)19-13-7-4-8-14-19/h3-17H,1-2H3/t17-/m1/s1. The molecule has 0 saturated carbocycles. The van der Waals surface area contributed by atoms with Crippen molar-refractivity contribution in [2.75, 3.05) is 7.11 Å². The van der Waals surface area contributed by atoms with Gasteiger partial charge in [-0.25, -0.2) is 0 Å². The van der Waals surface area contributed by atoms with Crippen LogP contribution in [0.1, 0.15) is 18.0 Å². The Kier molecular flexibility index (Phi) is 4.94. The highest BCUT2D eigenvalue weighted by Crippen LogP contribution is 2.27. The molecule has 0 fully saturated rings. The number of ether oxygens (including phenoxy) is 1. The van der Waals surface area contributed by atoms with Gasteiger partial charge in [-0.2, -0.15) is 0 Å². The lowest BCUT2D eigenvalue weighted by atomic mass is 10.1. The molecule has 0 aliphatic heterocycles. The van der Waals surface area contributed by atoms with Gasteiger partial charge >= 0.3 is 0 Å². The second-order valence-electron chi connectivity index (χ2n) is 5.61. The highest BCUT2D eigenvalue weighted by Gasteiger charge is 2.26. The first-order chi connectivity index (χ1) is 11.3. The normalized spacial score (nSPS) is 12.1. The molecule has 0 aliphatic rings. The topological polar surface area (TPSA) is 9.23 Å². The third-order valence-corrected chi connectivity index (χ3v) is 7.30. The van der Waals surface area contributed by atoms with Crippen LogP contribution in [0.5, 0.6) is 5.75 Å². The van der Waals surface area contributed by atoms with Crippen LogP contribution in [-0.4, -0.2) is 15.9 Å². The molecule has 1 radical (unpaired) electrons. The second-order valence-corrected chi connectivity index (χ2v) is 8.46. The molecule has 3 aromatic rings. The first kappa shape index (κ1) is 15.6. The van der Waals surface area contributed by atoms with E-state index < -0.39 is 8.80 Å². The zero-order chi connectivity index (χ0) is 16.1. The summed E-state index contributed by atoms with van der Waals surface area (Å²) in [7, 11) is 0.811. The molecule has 0 saturated heterocycles. The van der Waals surface area contributed by atoms with E-state index in [1.54, 1.807) is 7.11 Å². The Bertz CT molecular complexity index is 701. The van der Waals surface area contributed by atoms with E-state index in [0.717, 1.165) is 5.75 Å². The van der Waals surface area contributed by atoms with Crippen molar-refractivity contribution in [3.05, 3.63) is 90.5 Å². The van der Waals surface area contributed by atoms with Gasteiger partial charge in [-0.1, -0.05) is 96.2 Å². The summed E-state index contributed by atoms with van der Waals surface area (Å²) in [6, 6.07) is 30.1. The van der Waals surface area contributed by atoms with Crippen LogP contribution < -0.4 is 15.1 Å². The zero-order valence-corrected chi connectivity index (χ0v) is 14.6. The quantitative estimate of drug-likeness (QED) is 0.653. The largest absolute Gasteiger partial charge is 0.496 e. The summed E-state index contributed by atoms with van der Waals surface area (Å²) in [6.45, 7) is 2.33. The van der Waals surface area contributed by atoms with E-state index in [0.29, 0.717) is 5.54 Å². The minimum absolute atomic E-state index is 0.418. The van der Waals surface area contributed by atoms with E-state index >= 15 is 0 Å². The molecule has 0 amide bonds. The van der Waals surface area contributed by atoms with Gasteiger partial charge in [0.2, 0.25) is 0 Å². The average molecular weight is 317 g/mol. The number of methoxy groups -OCH3 is 1. The van der Waals surface area contributed by atoms with Gasteiger partial charge in [0.05, 0.1) is 7.11 Å². The smallest absolute Gasteiger partial charge is 0.128 e. The number of benzene rings is 3. The monoisotopic (exact) mass is 317 g/mol. The second kappa shape index (κ2) is 7.29. The molecule has 0 heterocycles. The predicted molar refractivity (Wildman–Crippen MR) is 99.3 cm³/mol. The third-order valence-electron chi connectivity index (χ3n) is 4.21. The van der Waals surface area contributed by atoms with Crippen molar-refractivity contribution in [1.82, 2.24) is 0 Å². The van der Waals surface area contributed by atoms with Crippen LogP contribution >= 0.6 is 0 Å². The maximum atomic E-state index is 5.60. The van der Waals surface area contributed by atoms with Gasteiger partial charge in [0.15, 0.2) is 0 Å². The van der Waals surface area contributed by atoms with Gasteiger partial charge < -0.3 is 4.74 Å². The maximum Gasteiger partial charge on any atom is 0.128 e. The highest BCUT2D eigenvalue weighted by molar-refractivity contribution is 6.86. The van der Waals surface area contributed by atoms with Crippen LogP contribution in [0, 0.1) is 0 Å². The Morgan fingerprint density at radius 2 is 1.17 bits per heavy atom. The molecule has 3 rings (SSSR count). The summed E-state index contributed by atoms with van der Waals surface area (Å²) in [6.07, 6.45) is 0. The van der Waals surface area contributed by atoms with Crippen LogP contribution in [0.3, 0.4) is 0 Å². The SMILES string of the molecule is COc1ccccc1[C@@H](C)[Si](c1ccccc1)c1ccccc1. The van der Waals surface area contributed by atoms with E-state index in [4.69, 9.17) is 4.74 Å². The van der Waals surface area contributed by atoms with Crippen molar-refractivity contribution in [2.45, 2.75) is 12.5 Å². The van der Waals surface area contributed by atoms with E-state index in [9.17, 15) is 0 Å². The van der Waals surface area contributed by atoms with Crippen LogP contribution in [0.15, 0.2) is 84.9 Å². The Balaban J connectivity index is 2.08. The molecule has 115 valence electrons. The van der Waals surface area contributed by atoms with Gasteiger partial charge in [0, 0.05) is 0 Å². The summed E-state index contributed by atoms with van der Waals surface area (Å²) in [5, 5.41) is 2.87. The summed E-state index contributed by atoms with van der Waals surface area (Å²) < 4.78 is 5.60. The molecule has 3 aromatic carbocycles. The fourth-order valence-corrected chi connectivity index (χ4v) is 6.07. The molecule has 1 nitrogen and oxygen atoms in total. The molecule has 23 heavy (non-hydrogen) atoms. The summed E-state index contributed by atoms with van der Waals surface area (Å²) in [4.78, 5) is 0. The van der Waals surface area contributed by atoms with E-state index in [1.165, 1.54) is 15.9 Å². The lowest BCUT2D eigenvalue weighted by molar-refractivity contribution is 0.409. The highest BCUT2D eigenvalue weighted by atomic mass is 28.3. The van der Waals surface area contributed by atoms with E-state index in [2.05, 4.69) is 85.8 Å². The van der Waals surface area contributed by atoms with Crippen molar-refractivity contribution >= 4 is 19.2 Å². The van der Waals surface area contributed by atoms with Crippen LogP contribution in [0.4, 0.5) is 0 Å². The maximum absolute atomic E-state index is 5.60. The molecule has 2 heteroatoms. The first-order valence-electron chi connectivity index (χ1n) is 7.92. The molecule has 0 bridgehead atoms. The third kappa shape index (κ3) is 3.38. The molecular weight excluding hydrogens is 296 g/mol. The summed E-state index contributed by atoms with van der Waals surface area (Å²) in [5.41, 5.74) is 1.71. The lowest BCUT2D eigenvalue weighted by Crippen LogP contribution is -2.46. The van der Waals surface area contributed by atoms with Crippen LogP contribution in [0.25, 0.3) is 0 Å². The van der Waals surface area contributed by atoms with Crippen LogP contribution in [0.2, 0.25) is 0 Å². The molecule has 0 aromatic heterocycles. The Morgan fingerprint density at radius 3 is 1.70 bits per heavy atom.